The normalized spacial score (nSPS) is 25.5. The first-order valence-corrected chi connectivity index (χ1v) is 12.4. The molecule has 1 aromatic rings. The average Bonchev–Trinajstić information content (AvgIpc) is 3.03. The van der Waals surface area contributed by atoms with Gasteiger partial charge in [-0.1, -0.05) is 56.7 Å². The van der Waals surface area contributed by atoms with Crippen LogP contribution in [0.1, 0.15) is 63.9 Å². The minimum atomic E-state index is -0.161. The summed E-state index contributed by atoms with van der Waals surface area (Å²) in [4.78, 5) is 46.4. The number of nitrogens with zero attached hydrogens (tertiary/aromatic N) is 3. The van der Waals surface area contributed by atoms with Gasteiger partial charge in [0.15, 0.2) is 5.17 Å². The SMILES string of the molecule is CC(C)c1ccccc1N=C1SCCCN1C(=O)CCN1C(=O)C2CCCCC2C1=O. The van der Waals surface area contributed by atoms with Crippen LogP contribution in [0.5, 0.6) is 0 Å². The van der Waals surface area contributed by atoms with Crippen molar-refractivity contribution in [2.45, 2.75) is 58.3 Å². The van der Waals surface area contributed by atoms with E-state index >= 15 is 0 Å². The van der Waals surface area contributed by atoms with Gasteiger partial charge in [-0.25, -0.2) is 4.99 Å². The first-order valence-electron chi connectivity index (χ1n) is 11.4. The maximum Gasteiger partial charge on any atom is 0.233 e. The Morgan fingerprint density at radius 2 is 1.77 bits per heavy atom. The largest absolute Gasteiger partial charge is 0.291 e. The zero-order chi connectivity index (χ0) is 22.0. The van der Waals surface area contributed by atoms with Gasteiger partial charge in [0.05, 0.1) is 17.5 Å². The minimum absolute atomic E-state index is 0.0662. The predicted octanol–water partition coefficient (Wildman–Crippen LogP) is 4.33. The Labute approximate surface area is 188 Å². The highest BCUT2D eigenvalue weighted by Crippen LogP contribution is 2.38. The fourth-order valence-electron chi connectivity index (χ4n) is 4.86. The molecule has 0 bridgehead atoms. The first-order chi connectivity index (χ1) is 15.0. The molecule has 1 aliphatic carbocycles. The van der Waals surface area contributed by atoms with E-state index in [1.165, 1.54) is 4.90 Å². The van der Waals surface area contributed by atoms with Gasteiger partial charge in [-0.05, 0) is 36.8 Å². The molecule has 1 aromatic carbocycles. The minimum Gasteiger partial charge on any atom is -0.291 e. The molecular formula is C24H31N3O3S. The summed E-state index contributed by atoms with van der Waals surface area (Å²) in [6.45, 7) is 5.08. The topological polar surface area (TPSA) is 70.1 Å². The Morgan fingerprint density at radius 3 is 2.45 bits per heavy atom. The summed E-state index contributed by atoms with van der Waals surface area (Å²) in [6, 6.07) is 8.05. The molecule has 31 heavy (non-hydrogen) atoms. The van der Waals surface area contributed by atoms with Crippen molar-refractivity contribution >= 4 is 40.3 Å². The number of rotatable bonds is 5. The number of hydrogen-bond acceptors (Lipinski definition) is 5. The number of amides is 3. The molecule has 3 amide bonds. The Morgan fingerprint density at radius 1 is 1.10 bits per heavy atom. The van der Waals surface area contributed by atoms with E-state index in [4.69, 9.17) is 4.99 Å². The lowest BCUT2D eigenvalue weighted by Gasteiger charge is -2.28. The van der Waals surface area contributed by atoms with Crippen molar-refractivity contribution in [3.63, 3.8) is 0 Å². The number of benzene rings is 1. The van der Waals surface area contributed by atoms with E-state index in [1.54, 1.807) is 16.7 Å². The number of likely N-dealkylation sites (tertiary alicyclic amines) is 1. The van der Waals surface area contributed by atoms with Crippen molar-refractivity contribution in [3.05, 3.63) is 29.8 Å². The molecule has 6 nitrogen and oxygen atoms in total. The van der Waals surface area contributed by atoms with Crippen LogP contribution in [0.25, 0.3) is 0 Å². The van der Waals surface area contributed by atoms with Crippen LogP contribution in [0.15, 0.2) is 29.3 Å². The molecular weight excluding hydrogens is 410 g/mol. The molecule has 0 radical (unpaired) electrons. The molecule has 2 atom stereocenters. The monoisotopic (exact) mass is 441 g/mol. The molecule has 0 N–H and O–H groups in total. The van der Waals surface area contributed by atoms with E-state index in [0.29, 0.717) is 12.5 Å². The maximum absolute atomic E-state index is 13.1. The fourth-order valence-corrected chi connectivity index (χ4v) is 5.83. The molecule has 0 spiro atoms. The van der Waals surface area contributed by atoms with Gasteiger partial charge in [-0.15, -0.1) is 0 Å². The molecule has 2 heterocycles. The van der Waals surface area contributed by atoms with Gasteiger partial charge >= 0.3 is 0 Å². The van der Waals surface area contributed by atoms with Crippen LogP contribution in [0, 0.1) is 11.8 Å². The summed E-state index contributed by atoms with van der Waals surface area (Å²) in [5.41, 5.74) is 2.05. The van der Waals surface area contributed by atoms with E-state index in [9.17, 15) is 14.4 Å². The summed E-state index contributed by atoms with van der Waals surface area (Å²) in [6.07, 6.45) is 4.68. The second kappa shape index (κ2) is 9.55. The van der Waals surface area contributed by atoms with Crippen LogP contribution in [-0.4, -0.2) is 51.5 Å². The van der Waals surface area contributed by atoms with Crippen LogP contribution >= 0.6 is 11.8 Å². The average molecular weight is 442 g/mol. The van der Waals surface area contributed by atoms with Crippen molar-refractivity contribution < 1.29 is 14.4 Å². The lowest BCUT2D eigenvalue weighted by atomic mass is 9.81. The first kappa shape index (κ1) is 22.1. The smallest absolute Gasteiger partial charge is 0.233 e. The molecule has 3 aliphatic rings. The van der Waals surface area contributed by atoms with Crippen molar-refractivity contribution in [1.82, 2.24) is 9.80 Å². The van der Waals surface area contributed by atoms with E-state index in [1.807, 2.05) is 18.2 Å². The summed E-state index contributed by atoms with van der Waals surface area (Å²) < 4.78 is 0. The molecule has 1 saturated carbocycles. The number of aliphatic imine (C=N–C) groups is 1. The molecule has 2 unspecified atom stereocenters. The Kier molecular flexibility index (Phi) is 6.80. The highest BCUT2D eigenvalue weighted by atomic mass is 32.2. The van der Waals surface area contributed by atoms with Gasteiger partial charge in [0.25, 0.3) is 0 Å². The van der Waals surface area contributed by atoms with E-state index in [0.717, 1.165) is 54.3 Å². The molecule has 0 aromatic heterocycles. The quantitative estimate of drug-likeness (QED) is 0.638. The Balaban J connectivity index is 1.46. The van der Waals surface area contributed by atoms with Crippen molar-refractivity contribution in [3.8, 4) is 0 Å². The zero-order valence-corrected chi connectivity index (χ0v) is 19.2. The van der Waals surface area contributed by atoms with Gasteiger partial charge in [-0.3, -0.25) is 24.2 Å². The molecule has 166 valence electrons. The lowest BCUT2D eigenvalue weighted by molar-refractivity contribution is -0.140. The van der Waals surface area contributed by atoms with E-state index in [2.05, 4.69) is 19.9 Å². The Hall–Kier alpha value is -2.15. The lowest BCUT2D eigenvalue weighted by Crippen LogP contribution is -2.41. The van der Waals surface area contributed by atoms with Gasteiger partial charge in [0.2, 0.25) is 17.7 Å². The van der Waals surface area contributed by atoms with Gasteiger partial charge < -0.3 is 0 Å². The molecule has 7 heteroatoms. The van der Waals surface area contributed by atoms with Crippen LogP contribution in [0.4, 0.5) is 5.69 Å². The van der Waals surface area contributed by atoms with Crippen LogP contribution < -0.4 is 0 Å². The summed E-state index contributed by atoms with van der Waals surface area (Å²) in [7, 11) is 0. The van der Waals surface area contributed by atoms with E-state index < -0.39 is 0 Å². The van der Waals surface area contributed by atoms with Crippen molar-refractivity contribution in [2.75, 3.05) is 18.8 Å². The summed E-state index contributed by atoms with van der Waals surface area (Å²) >= 11 is 1.60. The highest BCUT2D eigenvalue weighted by Gasteiger charge is 2.48. The number of carbonyl (C=O) groups excluding carboxylic acids is 3. The van der Waals surface area contributed by atoms with Gasteiger partial charge in [0.1, 0.15) is 0 Å². The second-order valence-corrected chi connectivity index (χ2v) is 9.99. The number of para-hydroxylation sites is 1. The second-order valence-electron chi connectivity index (χ2n) is 8.93. The third-order valence-electron chi connectivity index (χ3n) is 6.55. The maximum atomic E-state index is 13.1. The fraction of sp³-hybridized carbons (Fsp3) is 0.583. The molecule has 2 saturated heterocycles. The summed E-state index contributed by atoms with van der Waals surface area (Å²) in [5, 5.41) is 0.720. The number of amidine groups is 1. The number of hydrogen-bond donors (Lipinski definition) is 0. The van der Waals surface area contributed by atoms with Crippen molar-refractivity contribution in [2.24, 2.45) is 16.8 Å². The predicted molar refractivity (Wildman–Crippen MR) is 123 cm³/mol. The van der Waals surface area contributed by atoms with Crippen LogP contribution in [-0.2, 0) is 14.4 Å². The highest BCUT2D eigenvalue weighted by molar-refractivity contribution is 8.13. The molecule has 4 rings (SSSR count). The van der Waals surface area contributed by atoms with Gasteiger partial charge in [-0.2, -0.15) is 0 Å². The molecule has 2 aliphatic heterocycles. The Bertz CT molecular complexity index is 874. The third kappa shape index (κ3) is 4.56. The van der Waals surface area contributed by atoms with Crippen LogP contribution in [0.2, 0.25) is 0 Å². The third-order valence-corrected chi connectivity index (χ3v) is 7.61. The number of thioether (sulfide) groups is 1. The number of carbonyl (C=O) groups is 3. The van der Waals surface area contributed by atoms with Crippen LogP contribution in [0.3, 0.4) is 0 Å². The van der Waals surface area contributed by atoms with Gasteiger partial charge in [0, 0.05) is 25.3 Å². The standard InChI is InChI=1S/C24H31N3O3S/c1-16(2)17-8-5-6-11-20(17)25-24-26(13-7-15-31-24)21(28)12-14-27-22(29)18-9-3-4-10-19(18)23(27)30/h5-6,8,11,16,18-19H,3-4,7,9-10,12-15H2,1-2H3. The zero-order valence-electron chi connectivity index (χ0n) is 18.4. The van der Waals surface area contributed by atoms with E-state index in [-0.39, 0.29) is 42.5 Å². The molecule has 3 fully saturated rings. The van der Waals surface area contributed by atoms with Crippen molar-refractivity contribution in [1.29, 1.82) is 0 Å². The number of fused-ring (bicyclic) bond motifs is 1. The summed E-state index contributed by atoms with van der Waals surface area (Å²) in [5.74, 6) is 0.736. The number of imide groups is 1.